The van der Waals surface area contributed by atoms with Crippen LogP contribution in [0.15, 0.2) is 36.4 Å². The van der Waals surface area contributed by atoms with Crippen molar-refractivity contribution in [3.05, 3.63) is 53.1 Å². The maximum absolute atomic E-state index is 10.8. The largest absolute Gasteiger partial charge is 0.508 e. The number of carboxylic acid groups (broad SMARTS) is 1. The Kier molecular flexibility index (Phi) is 3.56. The summed E-state index contributed by atoms with van der Waals surface area (Å²) in [5.41, 5.74) is 4.69. The van der Waals surface area contributed by atoms with Gasteiger partial charge in [0.1, 0.15) is 5.75 Å². The monoisotopic (exact) mass is 256 g/mol. The van der Waals surface area contributed by atoms with Crippen LogP contribution >= 0.6 is 0 Å². The lowest BCUT2D eigenvalue weighted by molar-refractivity contribution is -0.136. The van der Waals surface area contributed by atoms with Crippen LogP contribution in [0.4, 0.5) is 0 Å². The fraction of sp³-hybridized carbons (Fsp3) is 0.188. The van der Waals surface area contributed by atoms with Gasteiger partial charge in [-0.3, -0.25) is 4.79 Å². The van der Waals surface area contributed by atoms with E-state index >= 15 is 0 Å². The van der Waals surface area contributed by atoms with Crippen LogP contribution in [0.5, 0.6) is 5.75 Å². The molecule has 0 aliphatic rings. The van der Waals surface area contributed by atoms with Gasteiger partial charge in [0.2, 0.25) is 0 Å². The second kappa shape index (κ2) is 5.14. The van der Waals surface area contributed by atoms with Gasteiger partial charge in [-0.25, -0.2) is 0 Å². The summed E-state index contributed by atoms with van der Waals surface area (Å²) in [6.45, 7) is 4.03. The van der Waals surface area contributed by atoms with Crippen LogP contribution in [0.1, 0.15) is 16.7 Å². The van der Waals surface area contributed by atoms with Crippen LogP contribution in [0.2, 0.25) is 0 Å². The second-order valence-corrected chi connectivity index (χ2v) is 4.73. The van der Waals surface area contributed by atoms with Crippen LogP contribution in [0, 0.1) is 13.8 Å². The number of aryl methyl sites for hydroxylation is 2. The summed E-state index contributed by atoms with van der Waals surface area (Å²) in [7, 11) is 0. The maximum Gasteiger partial charge on any atom is 0.307 e. The number of aliphatic carboxylic acids is 1. The summed E-state index contributed by atoms with van der Waals surface area (Å²) in [5.74, 6) is -0.926. The van der Waals surface area contributed by atoms with Gasteiger partial charge < -0.3 is 10.2 Å². The Morgan fingerprint density at radius 3 is 2.53 bits per heavy atom. The van der Waals surface area contributed by atoms with Crippen LogP contribution in [0.3, 0.4) is 0 Å². The van der Waals surface area contributed by atoms with Crippen molar-refractivity contribution in [3.63, 3.8) is 0 Å². The molecule has 2 aromatic rings. The molecule has 0 spiro atoms. The fourth-order valence-corrected chi connectivity index (χ4v) is 2.10. The molecule has 0 fully saturated rings. The minimum atomic E-state index is -0.951. The van der Waals surface area contributed by atoms with E-state index in [4.69, 9.17) is 5.11 Å². The molecule has 0 aliphatic heterocycles. The van der Waals surface area contributed by atoms with Crippen LogP contribution in [-0.2, 0) is 11.2 Å². The van der Waals surface area contributed by atoms with Gasteiger partial charge in [0, 0.05) is 5.56 Å². The molecule has 2 N–H and O–H groups in total. The van der Waals surface area contributed by atoms with Crippen molar-refractivity contribution >= 4 is 5.97 Å². The average Bonchev–Trinajstić information content (AvgIpc) is 2.34. The minimum absolute atomic E-state index is 0.0245. The van der Waals surface area contributed by atoms with Gasteiger partial charge in [0.05, 0.1) is 6.42 Å². The highest BCUT2D eigenvalue weighted by Crippen LogP contribution is 2.29. The lowest BCUT2D eigenvalue weighted by Gasteiger charge is -2.10. The van der Waals surface area contributed by atoms with E-state index in [2.05, 4.69) is 6.07 Å². The Balaban J connectivity index is 2.51. The molecule has 3 heteroatoms. The predicted molar refractivity (Wildman–Crippen MR) is 74.4 cm³/mol. The zero-order valence-corrected chi connectivity index (χ0v) is 11.0. The predicted octanol–water partition coefficient (Wildman–Crippen LogP) is 3.30. The van der Waals surface area contributed by atoms with Gasteiger partial charge in [-0.05, 0) is 42.7 Å². The van der Waals surface area contributed by atoms with Crippen molar-refractivity contribution in [2.75, 3.05) is 0 Å². The van der Waals surface area contributed by atoms with E-state index in [1.807, 2.05) is 32.0 Å². The highest BCUT2D eigenvalue weighted by atomic mass is 16.4. The third kappa shape index (κ3) is 2.94. The SMILES string of the molecule is Cc1ccc(C)c(-c2ccc(O)c(CC(=O)O)c2)c1. The van der Waals surface area contributed by atoms with Gasteiger partial charge in [-0.1, -0.05) is 29.8 Å². The average molecular weight is 256 g/mol. The standard InChI is InChI=1S/C16H16O3/c1-10-3-4-11(2)14(7-10)12-5-6-15(17)13(8-12)9-16(18)19/h3-8,17H,9H2,1-2H3,(H,18,19). The molecule has 0 bridgehead atoms. The smallest absolute Gasteiger partial charge is 0.307 e. The number of hydrogen-bond acceptors (Lipinski definition) is 2. The third-order valence-corrected chi connectivity index (χ3v) is 3.13. The third-order valence-electron chi connectivity index (χ3n) is 3.13. The van der Waals surface area contributed by atoms with Gasteiger partial charge in [0.25, 0.3) is 0 Å². The maximum atomic E-state index is 10.8. The molecule has 0 aromatic heterocycles. The molecular formula is C16H16O3. The van der Waals surface area contributed by atoms with Crippen molar-refractivity contribution in [2.45, 2.75) is 20.3 Å². The molecule has 0 saturated heterocycles. The van der Waals surface area contributed by atoms with Gasteiger partial charge in [-0.15, -0.1) is 0 Å². The Hall–Kier alpha value is -2.29. The number of rotatable bonds is 3. The van der Waals surface area contributed by atoms with E-state index in [1.54, 1.807) is 12.1 Å². The molecule has 0 saturated carbocycles. The Bertz CT molecular complexity index is 630. The number of aromatic hydroxyl groups is 1. The van der Waals surface area contributed by atoms with Crippen molar-refractivity contribution in [3.8, 4) is 16.9 Å². The number of benzene rings is 2. The summed E-state index contributed by atoms with van der Waals surface area (Å²) in [6.07, 6.45) is -0.176. The van der Waals surface area contributed by atoms with Crippen LogP contribution in [-0.4, -0.2) is 16.2 Å². The fourth-order valence-electron chi connectivity index (χ4n) is 2.10. The molecule has 19 heavy (non-hydrogen) atoms. The Morgan fingerprint density at radius 2 is 1.84 bits per heavy atom. The lowest BCUT2D eigenvalue weighted by atomic mass is 9.96. The summed E-state index contributed by atoms with van der Waals surface area (Å²) >= 11 is 0. The van der Waals surface area contributed by atoms with E-state index < -0.39 is 5.97 Å². The van der Waals surface area contributed by atoms with Gasteiger partial charge >= 0.3 is 5.97 Å². The zero-order chi connectivity index (χ0) is 14.0. The molecule has 0 radical (unpaired) electrons. The van der Waals surface area contributed by atoms with Gasteiger partial charge in [0.15, 0.2) is 0 Å². The van der Waals surface area contributed by atoms with E-state index in [0.29, 0.717) is 5.56 Å². The minimum Gasteiger partial charge on any atom is -0.508 e. The topological polar surface area (TPSA) is 57.5 Å². The summed E-state index contributed by atoms with van der Waals surface area (Å²) in [6, 6.07) is 11.2. The first-order valence-corrected chi connectivity index (χ1v) is 6.08. The molecule has 0 atom stereocenters. The molecule has 0 heterocycles. The number of hydrogen-bond donors (Lipinski definition) is 2. The van der Waals surface area contributed by atoms with E-state index in [1.165, 1.54) is 0 Å². The first-order chi connectivity index (χ1) is 8.97. The highest BCUT2D eigenvalue weighted by Gasteiger charge is 2.09. The molecular weight excluding hydrogens is 240 g/mol. The highest BCUT2D eigenvalue weighted by molar-refractivity contribution is 5.75. The summed E-state index contributed by atoms with van der Waals surface area (Å²) < 4.78 is 0. The number of phenols is 1. The van der Waals surface area contributed by atoms with Crippen molar-refractivity contribution in [2.24, 2.45) is 0 Å². The van der Waals surface area contributed by atoms with Crippen LogP contribution in [0.25, 0.3) is 11.1 Å². The molecule has 3 nitrogen and oxygen atoms in total. The summed E-state index contributed by atoms with van der Waals surface area (Å²) in [5, 5.41) is 18.5. The summed E-state index contributed by atoms with van der Waals surface area (Å²) in [4.78, 5) is 10.8. The Labute approximate surface area is 112 Å². The second-order valence-electron chi connectivity index (χ2n) is 4.73. The van der Waals surface area contributed by atoms with E-state index in [9.17, 15) is 9.90 Å². The molecule has 98 valence electrons. The molecule has 0 aliphatic carbocycles. The number of carboxylic acids is 1. The quantitative estimate of drug-likeness (QED) is 0.885. The molecule has 0 amide bonds. The number of phenolic OH excluding ortho intramolecular Hbond substituents is 1. The Morgan fingerprint density at radius 1 is 1.11 bits per heavy atom. The number of carbonyl (C=O) groups is 1. The van der Waals surface area contributed by atoms with Crippen molar-refractivity contribution in [1.29, 1.82) is 0 Å². The molecule has 2 rings (SSSR count). The molecule has 0 unspecified atom stereocenters. The first-order valence-electron chi connectivity index (χ1n) is 6.08. The van der Waals surface area contributed by atoms with E-state index in [-0.39, 0.29) is 12.2 Å². The van der Waals surface area contributed by atoms with Gasteiger partial charge in [-0.2, -0.15) is 0 Å². The molecule has 2 aromatic carbocycles. The van der Waals surface area contributed by atoms with Crippen molar-refractivity contribution < 1.29 is 15.0 Å². The van der Waals surface area contributed by atoms with Crippen LogP contribution < -0.4 is 0 Å². The first kappa shape index (κ1) is 13.1. The zero-order valence-electron chi connectivity index (χ0n) is 11.0. The normalized spacial score (nSPS) is 10.4. The lowest BCUT2D eigenvalue weighted by Crippen LogP contribution is -2.00. The van der Waals surface area contributed by atoms with E-state index in [0.717, 1.165) is 22.3 Å². The van der Waals surface area contributed by atoms with Crippen molar-refractivity contribution in [1.82, 2.24) is 0 Å².